The zero-order valence-electron chi connectivity index (χ0n) is 17.9. The SMILES string of the molecule is COc1cc(/C=C2\SC(=O)N(Cc3ccccc3Br)C2=O)cc(Br)c1OCc1ccc(Br)cc1. The number of carbonyl (C=O) groups is 2. The van der Waals surface area contributed by atoms with Crippen molar-refractivity contribution in [2.75, 3.05) is 7.11 Å². The summed E-state index contributed by atoms with van der Waals surface area (Å²) in [5.41, 5.74) is 2.59. The highest BCUT2D eigenvalue weighted by atomic mass is 79.9. The fourth-order valence-corrected chi connectivity index (χ4v) is 5.37. The highest BCUT2D eigenvalue weighted by molar-refractivity contribution is 9.11. The number of benzene rings is 3. The van der Waals surface area contributed by atoms with E-state index < -0.39 is 0 Å². The zero-order chi connectivity index (χ0) is 24.2. The van der Waals surface area contributed by atoms with Gasteiger partial charge in [0.25, 0.3) is 11.1 Å². The van der Waals surface area contributed by atoms with E-state index in [-0.39, 0.29) is 17.7 Å². The number of methoxy groups -OCH3 is 1. The van der Waals surface area contributed by atoms with Crippen molar-refractivity contribution in [2.45, 2.75) is 13.2 Å². The van der Waals surface area contributed by atoms with Gasteiger partial charge in [-0.15, -0.1) is 0 Å². The average Bonchev–Trinajstić information content (AvgIpc) is 3.07. The van der Waals surface area contributed by atoms with E-state index in [9.17, 15) is 9.59 Å². The Morgan fingerprint density at radius 2 is 1.71 bits per heavy atom. The molecule has 0 radical (unpaired) electrons. The molecular formula is C25H18Br3NO4S. The molecule has 1 aliphatic rings. The fraction of sp³-hybridized carbons (Fsp3) is 0.120. The highest BCUT2D eigenvalue weighted by Gasteiger charge is 2.35. The number of carbonyl (C=O) groups excluding carboxylic acids is 2. The van der Waals surface area contributed by atoms with Gasteiger partial charge in [0.05, 0.1) is 23.0 Å². The third-order valence-electron chi connectivity index (χ3n) is 5.01. The van der Waals surface area contributed by atoms with Crippen molar-refractivity contribution < 1.29 is 19.1 Å². The summed E-state index contributed by atoms with van der Waals surface area (Å²) in [4.78, 5) is 27.1. The van der Waals surface area contributed by atoms with Gasteiger partial charge in [-0.25, -0.2) is 0 Å². The van der Waals surface area contributed by atoms with Gasteiger partial charge >= 0.3 is 0 Å². The Morgan fingerprint density at radius 3 is 2.41 bits per heavy atom. The maximum Gasteiger partial charge on any atom is 0.293 e. The van der Waals surface area contributed by atoms with Crippen LogP contribution < -0.4 is 9.47 Å². The number of ether oxygens (including phenoxy) is 2. The summed E-state index contributed by atoms with van der Waals surface area (Å²) in [7, 11) is 1.56. The lowest BCUT2D eigenvalue weighted by molar-refractivity contribution is -0.123. The van der Waals surface area contributed by atoms with Gasteiger partial charge < -0.3 is 9.47 Å². The lowest BCUT2D eigenvalue weighted by Gasteiger charge is -2.14. The lowest BCUT2D eigenvalue weighted by atomic mass is 10.1. The quantitative estimate of drug-likeness (QED) is 0.241. The molecule has 2 amide bonds. The number of hydrogen-bond acceptors (Lipinski definition) is 5. The minimum Gasteiger partial charge on any atom is -0.493 e. The Morgan fingerprint density at radius 1 is 0.971 bits per heavy atom. The molecule has 34 heavy (non-hydrogen) atoms. The molecule has 3 aromatic carbocycles. The first-order chi connectivity index (χ1) is 16.4. The van der Waals surface area contributed by atoms with E-state index in [2.05, 4.69) is 47.8 Å². The van der Waals surface area contributed by atoms with E-state index >= 15 is 0 Å². The molecule has 0 unspecified atom stereocenters. The molecule has 1 aliphatic heterocycles. The van der Waals surface area contributed by atoms with E-state index in [0.717, 1.165) is 31.8 Å². The molecule has 4 rings (SSSR count). The molecule has 174 valence electrons. The smallest absolute Gasteiger partial charge is 0.293 e. The predicted molar refractivity (Wildman–Crippen MR) is 145 cm³/mol. The van der Waals surface area contributed by atoms with E-state index in [1.54, 1.807) is 19.3 Å². The molecule has 5 nitrogen and oxygen atoms in total. The van der Waals surface area contributed by atoms with Crippen molar-refractivity contribution in [2.24, 2.45) is 0 Å². The van der Waals surface area contributed by atoms with Crippen molar-refractivity contribution in [3.63, 3.8) is 0 Å². The van der Waals surface area contributed by atoms with Gasteiger partial charge in [0.2, 0.25) is 0 Å². The minimum atomic E-state index is -0.323. The topological polar surface area (TPSA) is 55.8 Å². The van der Waals surface area contributed by atoms with Crippen LogP contribution in [0.2, 0.25) is 0 Å². The molecule has 0 bridgehead atoms. The Balaban J connectivity index is 1.53. The second-order valence-corrected chi connectivity index (χ2v) is 10.9. The van der Waals surface area contributed by atoms with Gasteiger partial charge in [-0.05, 0) is 80.8 Å². The van der Waals surface area contributed by atoms with Crippen molar-refractivity contribution in [1.82, 2.24) is 4.90 Å². The number of nitrogens with zero attached hydrogens (tertiary/aromatic N) is 1. The zero-order valence-corrected chi connectivity index (χ0v) is 23.5. The molecule has 0 spiro atoms. The molecule has 1 fully saturated rings. The largest absolute Gasteiger partial charge is 0.493 e. The molecule has 0 aromatic heterocycles. The first-order valence-corrected chi connectivity index (χ1v) is 13.3. The van der Waals surface area contributed by atoms with Crippen LogP contribution in [0.25, 0.3) is 6.08 Å². The number of amides is 2. The third-order valence-corrected chi connectivity index (χ3v) is 7.80. The third kappa shape index (κ3) is 5.76. The molecule has 3 aromatic rings. The maximum absolute atomic E-state index is 13.0. The summed E-state index contributed by atoms with van der Waals surface area (Å²) < 4.78 is 14.1. The summed E-state index contributed by atoms with van der Waals surface area (Å²) in [6.45, 7) is 0.578. The lowest BCUT2D eigenvalue weighted by Crippen LogP contribution is -2.27. The summed E-state index contributed by atoms with van der Waals surface area (Å²) in [5.74, 6) is 0.756. The van der Waals surface area contributed by atoms with Crippen LogP contribution in [0.4, 0.5) is 4.79 Å². The number of hydrogen-bond donors (Lipinski definition) is 0. The Kier molecular flexibility index (Phi) is 8.18. The van der Waals surface area contributed by atoms with Crippen LogP contribution in [0.1, 0.15) is 16.7 Å². The fourth-order valence-electron chi connectivity index (χ4n) is 3.28. The van der Waals surface area contributed by atoms with Crippen LogP contribution in [0.15, 0.2) is 79.0 Å². The Labute approximate surface area is 226 Å². The summed E-state index contributed by atoms with van der Waals surface area (Å²) in [6, 6.07) is 19.0. The number of thioether (sulfide) groups is 1. The van der Waals surface area contributed by atoms with Gasteiger partial charge in [-0.2, -0.15) is 0 Å². The van der Waals surface area contributed by atoms with Gasteiger partial charge in [0.1, 0.15) is 6.61 Å². The first kappa shape index (κ1) is 25.0. The monoisotopic (exact) mass is 665 g/mol. The molecule has 0 saturated carbocycles. The van der Waals surface area contributed by atoms with Crippen LogP contribution in [-0.2, 0) is 17.9 Å². The number of imide groups is 1. The van der Waals surface area contributed by atoms with E-state index in [4.69, 9.17) is 9.47 Å². The van der Waals surface area contributed by atoms with Gasteiger partial charge in [0, 0.05) is 8.95 Å². The van der Waals surface area contributed by atoms with Crippen LogP contribution in [0, 0.1) is 0 Å². The standard InChI is InChI=1S/C25H18Br3NO4S/c1-32-21-11-16(10-20(28)23(21)33-14-15-6-8-18(26)9-7-15)12-22-24(30)29(25(31)34-22)13-17-4-2-3-5-19(17)27/h2-12H,13-14H2,1H3/b22-12-. The van der Waals surface area contributed by atoms with Gasteiger partial charge in [0.15, 0.2) is 11.5 Å². The number of halogens is 3. The van der Waals surface area contributed by atoms with Crippen molar-refractivity contribution in [3.8, 4) is 11.5 Å². The van der Waals surface area contributed by atoms with Gasteiger partial charge in [-0.1, -0.05) is 62.2 Å². The van der Waals surface area contributed by atoms with E-state index in [0.29, 0.717) is 33.0 Å². The minimum absolute atomic E-state index is 0.208. The molecule has 0 N–H and O–H groups in total. The van der Waals surface area contributed by atoms with Crippen LogP contribution in [-0.4, -0.2) is 23.2 Å². The van der Waals surface area contributed by atoms with Crippen molar-refractivity contribution in [3.05, 3.63) is 95.7 Å². The van der Waals surface area contributed by atoms with Gasteiger partial charge in [-0.3, -0.25) is 14.5 Å². The van der Waals surface area contributed by atoms with Crippen molar-refractivity contribution >= 4 is 76.8 Å². The van der Waals surface area contributed by atoms with E-state index in [1.807, 2.05) is 54.6 Å². The normalized spacial score (nSPS) is 14.7. The molecule has 0 aliphatic carbocycles. The van der Waals surface area contributed by atoms with E-state index in [1.165, 1.54) is 4.90 Å². The second kappa shape index (κ2) is 11.1. The van der Waals surface area contributed by atoms with Crippen LogP contribution in [0.3, 0.4) is 0 Å². The molecule has 1 heterocycles. The molecule has 9 heteroatoms. The molecular weight excluding hydrogens is 650 g/mol. The second-order valence-electron chi connectivity index (χ2n) is 7.31. The van der Waals surface area contributed by atoms with Crippen molar-refractivity contribution in [1.29, 1.82) is 0 Å². The Bertz CT molecular complexity index is 1280. The maximum atomic E-state index is 13.0. The Hall–Kier alpha value is -2.07. The molecule has 1 saturated heterocycles. The summed E-state index contributed by atoms with van der Waals surface area (Å²) in [5, 5.41) is -0.299. The van der Waals surface area contributed by atoms with Crippen LogP contribution in [0.5, 0.6) is 11.5 Å². The summed E-state index contributed by atoms with van der Waals surface area (Å²) >= 11 is 11.4. The molecule has 0 atom stereocenters. The summed E-state index contributed by atoms with van der Waals surface area (Å²) in [6.07, 6.45) is 1.69. The predicted octanol–water partition coefficient (Wildman–Crippen LogP) is 7.80. The average molecular weight is 668 g/mol. The highest BCUT2D eigenvalue weighted by Crippen LogP contribution is 2.40. The number of rotatable bonds is 7. The van der Waals surface area contributed by atoms with Crippen LogP contribution >= 0.6 is 59.6 Å². The first-order valence-electron chi connectivity index (χ1n) is 10.1.